The number of nitrogens with zero attached hydrogens (tertiary/aromatic N) is 2. The van der Waals surface area contributed by atoms with Crippen LogP contribution >= 0.6 is 23.2 Å². The zero-order chi connectivity index (χ0) is 26.2. The van der Waals surface area contributed by atoms with Crippen molar-refractivity contribution in [2.24, 2.45) is 0 Å². The highest BCUT2D eigenvalue weighted by molar-refractivity contribution is 6.39. The molecular formula is C30H22Cl2N2O4. The smallest absolute Gasteiger partial charge is 0.354 e. The Morgan fingerprint density at radius 1 is 0.974 bits per heavy atom. The van der Waals surface area contributed by atoms with Crippen molar-refractivity contribution in [3.63, 3.8) is 0 Å². The lowest BCUT2D eigenvalue weighted by atomic mass is 9.81. The molecule has 6 rings (SSSR count). The highest BCUT2D eigenvalue weighted by Crippen LogP contribution is 2.43. The molecule has 8 heteroatoms. The predicted molar refractivity (Wildman–Crippen MR) is 147 cm³/mol. The first kappa shape index (κ1) is 24.5. The summed E-state index contributed by atoms with van der Waals surface area (Å²) in [6.07, 6.45) is 4.87. The fourth-order valence-electron chi connectivity index (χ4n) is 4.71. The van der Waals surface area contributed by atoms with Gasteiger partial charge in [-0.1, -0.05) is 65.1 Å². The number of ether oxygens (including phenoxy) is 1. The molecule has 1 saturated carbocycles. The zero-order valence-corrected chi connectivity index (χ0v) is 21.7. The van der Waals surface area contributed by atoms with Gasteiger partial charge in [-0.05, 0) is 65.8 Å². The van der Waals surface area contributed by atoms with E-state index in [0.29, 0.717) is 33.0 Å². The summed E-state index contributed by atoms with van der Waals surface area (Å²) in [5, 5.41) is 16.2. The molecule has 6 nitrogen and oxygen atoms in total. The molecule has 0 amide bonds. The maximum atomic E-state index is 11.2. The molecule has 2 heterocycles. The number of rotatable bonds is 7. The molecule has 0 spiro atoms. The van der Waals surface area contributed by atoms with Crippen molar-refractivity contribution in [3.05, 3.63) is 100.0 Å². The number of halogens is 2. The summed E-state index contributed by atoms with van der Waals surface area (Å²) < 4.78 is 12.0. The van der Waals surface area contributed by atoms with Crippen molar-refractivity contribution in [1.29, 1.82) is 0 Å². The molecular weight excluding hydrogens is 523 g/mol. The third-order valence-corrected chi connectivity index (χ3v) is 7.64. The molecule has 1 fully saturated rings. The van der Waals surface area contributed by atoms with Gasteiger partial charge in [0.25, 0.3) is 0 Å². The Hall–Kier alpha value is -3.87. The van der Waals surface area contributed by atoms with Gasteiger partial charge in [-0.15, -0.1) is 0 Å². The van der Waals surface area contributed by atoms with E-state index in [4.69, 9.17) is 37.6 Å². The van der Waals surface area contributed by atoms with E-state index in [1.54, 1.807) is 30.5 Å². The first-order valence-corrected chi connectivity index (χ1v) is 13.0. The molecule has 5 aromatic rings. The van der Waals surface area contributed by atoms with E-state index in [0.717, 1.165) is 46.1 Å². The Morgan fingerprint density at radius 3 is 2.39 bits per heavy atom. The van der Waals surface area contributed by atoms with Crippen LogP contribution in [0, 0.1) is 0 Å². The lowest BCUT2D eigenvalue weighted by Crippen LogP contribution is -2.11. The maximum Gasteiger partial charge on any atom is 0.354 e. The second kappa shape index (κ2) is 10.1. The molecule has 0 saturated heterocycles. The first-order chi connectivity index (χ1) is 18.5. The lowest BCUT2D eigenvalue weighted by Gasteiger charge is -2.23. The fraction of sp³-hybridized carbons (Fsp3) is 0.167. The number of carboxylic acid groups (broad SMARTS) is 1. The number of fused-ring (bicyclic) bond motifs is 1. The van der Waals surface area contributed by atoms with Crippen LogP contribution in [0.3, 0.4) is 0 Å². The number of benzene rings is 3. The lowest BCUT2D eigenvalue weighted by molar-refractivity contribution is 0.0690. The van der Waals surface area contributed by atoms with Crippen molar-refractivity contribution in [2.45, 2.75) is 31.8 Å². The SMILES string of the molecule is O=C(O)c1cc2ccc(-c3ccc(OCc4c(-c5c(Cl)cccc5Cl)noc4C4CCC4)cc3)cc2cn1. The summed E-state index contributed by atoms with van der Waals surface area (Å²) in [7, 11) is 0. The van der Waals surface area contributed by atoms with Gasteiger partial charge in [0.1, 0.15) is 29.5 Å². The number of hydrogen-bond acceptors (Lipinski definition) is 5. The average Bonchev–Trinajstić information content (AvgIpc) is 3.28. The van der Waals surface area contributed by atoms with Gasteiger partial charge in [0.05, 0.1) is 15.6 Å². The Bertz CT molecular complexity index is 1640. The number of aromatic nitrogens is 2. The minimum atomic E-state index is -1.04. The van der Waals surface area contributed by atoms with Crippen LogP contribution in [0.2, 0.25) is 10.0 Å². The number of aromatic carboxylic acids is 1. The Kier molecular flexibility index (Phi) is 6.52. The Morgan fingerprint density at radius 2 is 1.71 bits per heavy atom. The quantitative estimate of drug-likeness (QED) is 0.221. The van der Waals surface area contributed by atoms with Crippen molar-refractivity contribution in [1.82, 2.24) is 10.1 Å². The van der Waals surface area contributed by atoms with Crippen LogP contribution in [0.5, 0.6) is 5.75 Å². The van der Waals surface area contributed by atoms with E-state index in [2.05, 4.69) is 10.1 Å². The standard InChI is InChI=1S/C30H22Cl2N2O4/c31-24-5-2-6-25(32)27(24)28-23(29(38-34-28)18-3-1-4-18)16-37-22-11-9-17(10-12-22)19-7-8-20-14-26(30(35)36)33-15-21(20)13-19/h2,5-15,18H,1,3-4,16H2,(H,35,36). The van der Waals surface area contributed by atoms with Gasteiger partial charge in [0.2, 0.25) is 0 Å². The van der Waals surface area contributed by atoms with Crippen LogP contribution in [-0.4, -0.2) is 21.2 Å². The number of carbonyl (C=O) groups is 1. The molecule has 38 heavy (non-hydrogen) atoms. The Balaban J connectivity index is 1.24. The zero-order valence-electron chi connectivity index (χ0n) is 20.2. The molecule has 1 N–H and O–H groups in total. The normalized spacial score (nSPS) is 13.4. The van der Waals surface area contributed by atoms with E-state index in [9.17, 15) is 4.79 Å². The Labute approximate surface area is 228 Å². The summed E-state index contributed by atoms with van der Waals surface area (Å²) in [4.78, 5) is 15.2. The van der Waals surface area contributed by atoms with Crippen molar-refractivity contribution < 1.29 is 19.2 Å². The molecule has 0 atom stereocenters. The summed E-state index contributed by atoms with van der Waals surface area (Å²) in [5.41, 5.74) is 4.17. The molecule has 190 valence electrons. The van der Waals surface area contributed by atoms with E-state index in [1.165, 1.54) is 6.42 Å². The van der Waals surface area contributed by atoms with E-state index in [-0.39, 0.29) is 12.3 Å². The van der Waals surface area contributed by atoms with Crippen LogP contribution in [0.25, 0.3) is 33.2 Å². The van der Waals surface area contributed by atoms with Crippen molar-refractivity contribution in [2.75, 3.05) is 0 Å². The van der Waals surface area contributed by atoms with Crippen LogP contribution < -0.4 is 4.74 Å². The fourth-order valence-corrected chi connectivity index (χ4v) is 5.29. The maximum absolute atomic E-state index is 11.2. The topological polar surface area (TPSA) is 85.5 Å². The molecule has 2 aromatic heterocycles. The van der Waals surface area contributed by atoms with E-state index < -0.39 is 5.97 Å². The van der Waals surface area contributed by atoms with E-state index in [1.807, 2.05) is 42.5 Å². The second-order valence-corrected chi connectivity index (χ2v) is 10.2. The van der Waals surface area contributed by atoms with E-state index >= 15 is 0 Å². The van der Waals surface area contributed by atoms with Crippen molar-refractivity contribution >= 4 is 39.9 Å². The average molecular weight is 545 g/mol. The number of hydrogen-bond donors (Lipinski definition) is 1. The summed E-state index contributed by atoms with van der Waals surface area (Å²) in [6.45, 7) is 0.277. The highest BCUT2D eigenvalue weighted by atomic mass is 35.5. The van der Waals surface area contributed by atoms with Crippen LogP contribution in [0.4, 0.5) is 0 Å². The molecule has 1 aliphatic carbocycles. The van der Waals surface area contributed by atoms with Gasteiger partial charge >= 0.3 is 5.97 Å². The van der Waals surface area contributed by atoms with Gasteiger partial charge < -0.3 is 14.4 Å². The van der Waals surface area contributed by atoms with Gasteiger partial charge in [0.15, 0.2) is 0 Å². The summed E-state index contributed by atoms with van der Waals surface area (Å²) in [6, 6.07) is 20.6. The molecule has 0 bridgehead atoms. The minimum Gasteiger partial charge on any atom is -0.489 e. The molecule has 0 radical (unpaired) electrons. The van der Waals surface area contributed by atoms with Gasteiger partial charge in [-0.3, -0.25) is 0 Å². The minimum absolute atomic E-state index is 0.0278. The second-order valence-electron chi connectivity index (χ2n) is 9.35. The summed E-state index contributed by atoms with van der Waals surface area (Å²) in [5.74, 6) is 0.834. The third-order valence-electron chi connectivity index (χ3n) is 7.01. The van der Waals surface area contributed by atoms with Crippen LogP contribution in [0.1, 0.15) is 47.0 Å². The van der Waals surface area contributed by atoms with Gasteiger partial charge in [-0.2, -0.15) is 0 Å². The van der Waals surface area contributed by atoms with Crippen LogP contribution in [-0.2, 0) is 6.61 Å². The molecule has 1 aliphatic rings. The molecule has 3 aromatic carbocycles. The highest BCUT2D eigenvalue weighted by Gasteiger charge is 2.30. The number of carboxylic acids is 1. The van der Waals surface area contributed by atoms with Crippen molar-refractivity contribution in [3.8, 4) is 28.1 Å². The third kappa shape index (κ3) is 4.62. The predicted octanol–water partition coefficient (Wildman–Crippen LogP) is 8.41. The largest absolute Gasteiger partial charge is 0.489 e. The number of pyridine rings is 1. The monoisotopic (exact) mass is 544 g/mol. The first-order valence-electron chi connectivity index (χ1n) is 12.3. The van der Waals surface area contributed by atoms with Gasteiger partial charge in [-0.25, -0.2) is 9.78 Å². The van der Waals surface area contributed by atoms with Gasteiger partial charge in [0, 0.05) is 23.1 Å². The van der Waals surface area contributed by atoms with Crippen LogP contribution in [0.15, 0.2) is 77.4 Å². The summed E-state index contributed by atoms with van der Waals surface area (Å²) >= 11 is 13.0. The molecule has 0 aliphatic heterocycles. The molecule has 0 unspecified atom stereocenters.